The second kappa shape index (κ2) is 4.97. The van der Waals surface area contributed by atoms with E-state index in [9.17, 15) is 14.5 Å². The number of hydrogen-bond acceptors (Lipinski definition) is 6. The van der Waals surface area contributed by atoms with Crippen molar-refractivity contribution in [1.29, 1.82) is 0 Å². The Labute approximate surface area is 119 Å². The third-order valence-electron chi connectivity index (χ3n) is 3.38. The van der Waals surface area contributed by atoms with E-state index in [-0.39, 0.29) is 35.2 Å². The summed E-state index contributed by atoms with van der Waals surface area (Å²) in [6, 6.07) is 6.50. The van der Waals surface area contributed by atoms with Crippen LogP contribution in [-0.4, -0.2) is 20.9 Å². The quantitative estimate of drug-likeness (QED) is 0.659. The molecule has 8 heteroatoms. The molecule has 1 aliphatic carbocycles. The molecule has 0 saturated heterocycles. The number of halogens is 1. The minimum Gasteiger partial charge on any atom is -0.378 e. The molecule has 1 saturated carbocycles. The molecule has 0 spiro atoms. The van der Waals surface area contributed by atoms with Gasteiger partial charge in [0.2, 0.25) is 11.8 Å². The van der Waals surface area contributed by atoms with E-state index in [0.29, 0.717) is 0 Å². The molecule has 1 aromatic carbocycles. The Hall–Kier alpha value is -2.77. The summed E-state index contributed by atoms with van der Waals surface area (Å²) in [5.74, 6) is -0.0304. The van der Waals surface area contributed by atoms with Crippen LogP contribution in [0.2, 0.25) is 0 Å². The highest BCUT2D eigenvalue weighted by molar-refractivity contribution is 5.53. The van der Waals surface area contributed by atoms with E-state index in [1.165, 1.54) is 12.1 Å². The van der Waals surface area contributed by atoms with Crippen LogP contribution >= 0.6 is 0 Å². The van der Waals surface area contributed by atoms with E-state index in [1.54, 1.807) is 6.07 Å². The van der Waals surface area contributed by atoms with E-state index >= 15 is 0 Å². The number of benzene rings is 1. The summed E-state index contributed by atoms with van der Waals surface area (Å²) in [6.45, 7) is 0. The monoisotopic (exact) mass is 289 g/mol. The molecule has 108 valence electrons. The van der Waals surface area contributed by atoms with E-state index in [2.05, 4.69) is 15.3 Å². The maximum absolute atomic E-state index is 13.2. The first-order valence-corrected chi connectivity index (χ1v) is 6.33. The molecule has 0 amide bonds. The van der Waals surface area contributed by atoms with Crippen LogP contribution in [0.25, 0.3) is 0 Å². The zero-order chi connectivity index (χ0) is 15.0. The summed E-state index contributed by atoms with van der Waals surface area (Å²) in [6.07, 6.45) is 1.90. The van der Waals surface area contributed by atoms with Gasteiger partial charge in [-0.05, 0) is 24.1 Å². The molecule has 3 rings (SSSR count). The molecule has 1 aliphatic rings. The van der Waals surface area contributed by atoms with Crippen LogP contribution < -0.4 is 11.1 Å². The van der Waals surface area contributed by atoms with Gasteiger partial charge in [0.1, 0.15) is 12.0 Å². The predicted molar refractivity (Wildman–Crippen MR) is 74.3 cm³/mol. The maximum Gasteiger partial charge on any atom is 0.329 e. The van der Waals surface area contributed by atoms with E-state index in [0.717, 1.165) is 18.2 Å². The molecule has 2 atom stereocenters. The Kier molecular flexibility index (Phi) is 3.13. The minimum absolute atomic E-state index is 0.0765. The Bertz CT molecular complexity index is 709. The van der Waals surface area contributed by atoms with Gasteiger partial charge in [-0.3, -0.25) is 10.1 Å². The second-order valence-electron chi connectivity index (χ2n) is 4.87. The van der Waals surface area contributed by atoms with Gasteiger partial charge in [-0.1, -0.05) is 12.1 Å². The molecule has 21 heavy (non-hydrogen) atoms. The predicted octanol–water partition coefficient (Wildman–Crippen LogP) is 2.07. The molecule has 7 nitrogen and oxygen atoms in total. The molecular formula is C13H12FN5O2. The minimum atomic E-state index is -0.633. The number of nitro groups is 1. The molecule has 1 aromatic heterocycles. The highest BCUT2D eigenvalue weighted by Gasteiger charge is 2.39. The van der Waals surface area contributed by atoms with Gasteiger partial charge in [0.05, 0.1) is 4.92 Å². The van der Waals surface area contributed by atoms with Gasteiger partial charge in [0.25, 0.3) is 0 Å². The van der Waals surface area contributed by atoms with Crippen molar-refractivity contribution in [2.24, 2.45) is 0 Å². The third-order valence-corrected chi connectivity index (χ3v) is 3.38. The summed E-state index contributed by atoms with van der Waals surface area (Å²) < 4.78 is 13.2. The Balaban J connectivity index is 1.69. The Morgan fingerprint density at radius 1 is 1.48 bits per heavy atom. The smallest absolute Gasteiger partial charge is 0.329 e. The van der Waals surface area contributed by atoms with E-state index in [1.807, 2.05) is 6.07 Å². The number of nitrogens with two attached hydrogens (primary N) is 1. The van der Waals surface area contributed by atoms with Crippen molar-refractivity contribution < 1.29 is 9.31 Å². The van der Waals surface area contributed by atoms with Gasteiger partial charge in [0.15, 0.2) is 0 Å². The number of aromatic nitrogens is 2. The Morgan fingerprint density at radius 3 is 2.95 bits per heavy atom. The number of nitrogens with zero attached hydrogens (tertiary/aromatic N) is 3. The van der Waals surface area contributed by atoms with Gasteiger partial charge < -0.3 is 11.1 Å². The van der Waals surface area contributed by atoms with Crippen molar-refractivity contribution in [3.63, 3.8) is 0 Å². The topological polar surface area (TPSA) is 107 Å². The number of hydrogen-bond donors (Lipinski definition) is 2. The number of nitrogens with one attached hydrogen (secondary N) is 1. The first-order chi connectivity index (χ1) is 10.0. The molecule has 1 fully saturated rings. The average molecular weight is 289 g/mol. The zero-order valence-corrected chi connectivity index (χ0v) is 10.9. The fourth-order valence-corrected chi connectivity index (χ4v) is 2.22. The van der Waals surface area contributed by atoms with Crippen LogP contribution in [0.15, 0.2) is 30.5 Å². The van der Waals surface area contributed by atoms with Crippen molar-refractivity contribution in [3.8, 4) is 0 Å². The fourth-order valence-electron chi connectivity index (χ4n) is 2.22. The molecule has 0 radical (unpaired) electrons. The lowest BCUT2D eigenvalue weighted by atomic mass is 10.1. The van der Waals surface area contributed by atoms with Gasteiger partial charge in [-0.2, -0.15) is 4.98 Å². The fraction of sp³-hybridized carbons (Fsp3) is 0.231. The number of anilines is 2. The first kappa shape index (κ1) is 13.2. The normalized spacial score (nSPS) is 20.0. The summed E-state index contributed by atoms with van der Waals surface area (Å²) in [7, 11) is 0. The molecule has 3 N–H and O–H groups in total. The molecule has 0 aliphatic heterocycles. The highest BCUT2D eigenvalue weighted by Crippen LogP contribution is 2.42. The van der Waals surface area contributed by atoms with Gasteiger partial charge in [-0.25, -0.2) is 9.37 Å². The number of nitrogen functional groups attached to an aromatic ring is 1. The molecular weight excluding hydrogens is 277 g/mol. The molecule has 2 unspecified atom stereocenters. The lowest BCUT2D eigenvalue weighted by Gasteiger charge is -2.05. The summed E-state index contributed by atoms with van der Waals surface area (Å²) >= 11 is 0. The van der Waals surface area contributed by atoms with Crippen molar-refractivity contribution in [1.82, 2.24) is 9.97 Å². The van der Waals surface area contributed by atoms with Crippen LogP contribution in [-0.2, 0) is 0 Å². The van der Waals surface area contributed by atoms with Crippen molar-refractivity contribution in [2.45, 2.75) is 18.4 Å². The van der Waals surface area contributed by atoms with E-state index < -0.39 is 4.92 Å². The van der Waals surface area contributed by atoms with Crippen LogP contribution in [0.5, 0.6) is 0 Å². The van der Waals surface area contributed by atoms with Crippen molar-refractivity contribution in [3.05, 3.63) is 52.0 Å². The summed E-state index contributed by atoms with van der Waals surface area (Å²) in [5.41, 5.74) is 6.09. The summed E-state index contributed by atoms with van der Waals surface area (Å²) in [5, 5.41) is 13.7. The second-order valence-corrected chi connectivity index (χ2v) is 4.87. The van der Waals surface area contributed by atoms with Crippen molar-refractivity contribution in [2.75, 3.05) is 11.1 Å². The number of rotatable bonds is 4. The lowest BCUT2D eigenvalue weighted by Crippen LogP contribution is -2.10. The highest BCUT2D eigenvalue weighted by atomic mass is 19.1. The standard InChI is InChI=1S/C13H12FN5O2/c14-8-3-1-2-7(4-8)9-5-10(9)17-13-16-6-11(19(20)21)12(15)18-13/h1-4,6,9-10H,5H2,(H3,15,16,17,18). The van der Waals surface area contributed by atoms with Crippen LogP contribution in [0, 0.1) is 15.9 Å². The van der Waals surface area contributed by atoms with Gasteiger partial charge in [0, 0.05) is 12.0 Å². The van der Waals surface area contributed by atoms with Crippen LogP contribution in [0.4, 0.5) is 21.8 Å². The average Bonchev–Trinajstić information content (AvgIpc) is 3.17. The van der Waals surface area contributed by atoms with Crippen molar-refractivity contribution >= 4 is 17.5 Å². The first-order valence-electron chi connectivity index (χ1n) is 6.33. The molecule has 0 bridgehead atoms. The van der Waals surface area contributed by atoms with Crippen LogP contribution in [0.3, 0.4) is 0 Å². The Morgan fingerprint density at radius 2 is 2.29 bits per heavy atom. The van der Waals surface area contributed by atoms with Gasteiger partial charge >= 0.3 is 5.69 Å². The maximum atomic E-state index is 13.2. The lowest BCUT2D eigenvalue weighted by molar-refractivity contribution is -0.384. The molecule has 2 aromatic rings. The molecule has 1 heterocycles. The summed E-state index contributed by atoms with van der Waals surface area (Å²) in [4.78, 5) is 17.7. The zero-order valence-electron chi connectivity index (χ0n) is 10.9. The SMILES string of the molecule is Nc1nc(NC2CC2c2cccc(F)c2)ncc1[N+](=O)[O-]. The largest absolute Gasteiger partial charge is 0.378 e. The van der Waals surface area contributed by atoms with E-state index in [4.69, 9.17) is 5.73 Å². The van der Waals surface area contributed by atoms with Gasteiger partial charge in [-0.15, -0.1) is 0 Å². The van der Waals surface area contributed by atoms with Crippen LogP contribution in [0.1, 0.15) is 17.9 Å². The third kappa shape index (κ3) is 2.73.